The summed E-state index contributed by atoms with van der Waals surface area (Å²) < 4.78 is 49.3. The van der Waals surface area contributed by atoms with Crippen LogP contribution in [0, 0.1) is 0 Å². The smallest absolute Gasteiger partial charge is 0.217 e. The van der Waals surface area contributed by atoms with Crippen molar-refractivity contribution in [3.05, 3.63) is 0 Å². The highest BCUT2D eigenvalue weighted by molar-refractivity contribution is 7.92. The Morgan fingerprint density at radius 1 is 1.05 bits per heavy atom. The summed E-state index contributed by atoms with van der Waals surface area (Å²) in [5.74, 6) is 0.527. The highest BCUT2D eigenvalue weighted by atomic mass is 35.5. The largest absolute Gasteiger partial charge is 0.300 e. The molecule has 0 aromatic carbocycles. The third kappa shape index (κ3) is 3.85. The van der Waals surface area contributed by atoms with Crippen molar-refractivity contribution in [2.24, 2.45) is 0 Å². The number of piperazine rings is 1. The van der Waals surface area contributed by atoms with Crippen molar-refractivity contribution < 1.29 is 16.8 Å². The van der Waals surface area contributed by atoms with Gasteiger partial charge in [0.1, 0.15) is 9.84 Å². The van der Waals surface area contributed by atoms with Crippen LogP contribution in [0.2, 0.25) is 0 Å². The van der Waals surface area contributed by atoms with E-state index in [4.69, 9.17) is 11.6 Å². The van der Waals surface area contributed by atoms with E-state index in [9.17, 15) is 16.8 Å². The van der Waals surface area contributed by atoms with Gasteiger partial charge in [0.15, 0.2) is 0 Å². The van der Waals surface area contributed by atoms with Crippen LogP contribution < -0.4 is 0 Å². The lowest BCUT2D eigenvalue weighted by Gasteiger charge is -2.36. The Hall–Kier alpha value is 0.110. The van der Waals surface area contributed by atoms with Crippen LogP contribution in [0.5, 0.6) is 0 Å². The maximum atomic E-state index is 12.5. The maximum absolute atomic E-state index is 12.5. The Kier molecular flexibility index (Phi) is 5.34. The summed E-state index contributed by atoms with van der Waals surface area (Å²) in [4.78, 5) is 2.14. The lowest BCUT2D eigenvalue weighted by Crippen LogP contribution is -2.52. The molecule has 9 heteroatoms. The van der Waals surface area contributed by atoms with Gasteiger partial charge < -0.3 is 0 Å². The monoisotopic (exact) mass is 344 g/mol. The second-order valence-corrected chi connectivity index (χ2v) is 10.2. The van der Waals surface area contributed by atoms with Gasteiger partial charge in [0, 0.05) is 38.6 Å². The molecule has 20 heavy (non-hydrogen) atoms. The minimum atomic E-state index is -3.36. The molecule has 0 aromatic heterocycles. The van der Waals surface area contributed by atoms with E-state index in [0.717, 1.165) is 6.54 Å². The number of rotatable bonds is 4. The summed E-state index contributed by atoms with van der Waals surface area (Å²) in [5.41, 5.74) is 0. The van der Waals surface area contributed by atoms with Crippen molar-refractivity contribution in [2.75, 3.05) is 50.1 Å². The van der Waals surface area contributed by atoms with E-state index in [1.54, 1.807) is 0 Å². The molecule has 0 aliphatic carbocycles. The Morgan fingerprint density at radius 3 is 2.10 bits per heavy atom. The molecule has 0 spiro atoms. The number of alkyl halides is 1. The average Bonchev–Trinajstić information content (AvgIpc) is 2.39. The molecule has 0 N–H and O–H groups in total. The summed E-state index contributed by atoms with van der Waals surface area (Å²) in [6, 6.07) is 0. The molecular weight excluding hydrogens is 324 g/mol. The third-order valence-corrected chi connectivity index (χ3v) is 8.30. The topological polar surface area (TPSA) is 74.8 Å². The molecule has 2 aliphatic heterocycles. The fraction of sp³-hybridized carbons (Fsp3) is 1.00. The van der Waals surface area contributed by atoms with Gasteiger partial charge in [-0.25, -0.2) is 16.8 Å². The first kappa shape index (κ1) is 16.5. The Bertz CT molecular complexity index is 513. The number of sulfone groups is 1. The number of hydrogen-bond acceptors (Lipinski definition) is 5. The van der Waals surface area contributed by atoms with Gasteiger partial charge >= 0.3 is 0 Å². The first-order valence-corrected chi connectivity index (χ1v) is 10.7. The summed E-state index contributed by atoms with van der Waals surface area (Å²) in [6.45, 7) is 3.11. The van der Waals surface area contributed by atoms with Crippen LogP contribution in [0.25, 0.3) is 0 Å². The van der Waals surface area contributed by atoms with Gasteiger partial charge in [0.25, 0.3) is 0 Å². The molecule has 2 fully saturated rings. The third-order valence-electron chi connectivity index (χ3n) is 4.01. The lowest BCUT2D eigenvalue weighted by atomic mass is 10.2. The molecule has 0 radical (unpaired) electrons. The number of halogens is 1. The summed E-state index contributed by atoms with van der Waals surface area (Å²) in [7, 11) is -6.39. The molecule has 118 valence electrons. The summed E-state index contributed by atoms with van der Waals surface area (Å²) in [6.07, 6.45) is 0.457. The highest BCUT2D eigenvalue weighted by Crippen LogP contribution is 2.23. The van der Waals surface area contributed by atoms with Crippen LogP contribution in [-0.2, 0) is 19.9 Å². The molecule has 0 atom stereocenters. The molecule has 0 aromatic rings. The van der Waals surface area contributed by atoms with Crippen LogP contribution in [-0.4, -0.2) is 81.4 Å². The van der Waals surface area contributed by atoms with E-state index in [1.165, 1.54) is 4.31 Å². The van der Waals surface area contributed by atoms with E-state index in [0.29, 0.717) is 32.1 Å². The fourth-order valence-electron chi connectivity index (χ4n) is 2.70. The van der Waals surface area contributed by atoms with Crippen molar-refractivity contribution >= 4 is 31.5 Å². The van der Waals surface area contributed by atoms with E-state index >= 15 is 0 Å². The first-order chi connectivity index (χ1) is 9.35. The van der Waals surface area contributed by atoms with Gasteiger partial charge in [-0.3, -0.25) is 4.90 Å². The molecule has 0 unspecified atom stereocenters. The quantitative estimate of drug-likeness (QED) is 0.657. The van der Waals surface area contributed by atoms with Crippen molar-refractivity contribution in [1.82, 2.24) is 9.21 Å². The lowest BCUT2D eigenvalue weighted by molar-refractivity contribution is 0.196. The van der Waals surface area contributed by atoms with Gasteiger partial charge in [0.2, 0.25) is 10.0 Å². The van der Waals surface area contributed by atoms with Crippen LogP contribution in [0.1, 0.15) is 12.8 Å². The number of hydrogen-bond donors (Lipinski definition) is 0. The van der Waals surface area contributed by atoms with Gasteiger partial charge in [-0.05, 0) is 12.8 Å². The zero-order valence-electron chi connectivity index (χ0n) is 11.4. The van der Waals surface area contributed by atoms with Crippen molar-refractivity contribution in [2.45, 2.75) is 18.1 Å². The van der Waals surface area contributed by atoms with E-state index in [1.807, 2.05) is 0 Å². The molecule has 2 saturated heterocycles. The molecule has 6 nitrogen and oxygen atoms in total. The molecule has 2 heterocycles. The van der Waals surface area contributed by atoms with Crippen molar-refractivity contribution in [3.8, 4) is 0 Å². The van der Waals surface area contributed by atoms with Crippen molar-refractivity contribution in [1.29, 1.82) is 0 Å². The second-order valence-electron chi connectivity index (χ2n) is 5.33. The average molecular weight is 345 g/mol. The Balaban J connectivity index is 1.95. The van der Waals surface area contributed by atoms with E-state index in [2.05, 4.69) is 4.90 Å². The van der Waals surface area contributed by atoms with Crippen LogP contribution in [0.3, 0.4) is 0 Å². The minimum Gasteiger partial charge on any atom is -0.300 e. The Labute approximate surface area is 126 Å². The second kappa shape index (κ2) is 6.48. The predicted octanol–water partition coefficient (Wildman–Crippen LogP) is -0.250. The predicted molar refractivity (Wildman–Crippen MR) is 79.3 cm³/mol. The molecular formula is C11H21ClN2O4S2. The molecule has 0 saturated carbocycles. The van der Waals surface area contributed by atoms with Gasteiger partial charge in [-0.15, -0.1) is 11.6 Å². The first-order valence-electron chi connectivity index (χ1n) is 6.83. The van der Waals surface area contributed by atoms with Crippen LogP contribution in [0.15, 0.2) is 0 Å². The van der Waals surface area contributed by atoms with E-state index < -0.39 is 25.1 Å². The van der Waals surface area contributed by atoms with Gasteiger partial charge in [0.05, 0.1) is 16.8 Å². The minimum absolute atomic E-state index is 0.0108. The van der Waals surface area contributed by atoms with Crippen molar-refractivity contribution in [3.63, 3.8) is 0 Å². The summed E-state index contributed by atoms with van der Waals surface area (Å²) in [5, 5.41) is -0.536. The summed E-state index contributed by atoms with van der Waals surface area (Å²) >= 11 is 5.68. The maximum Gasteiger partial charge on any atom is 0.217 e. The molecule has 0 bridgehead atoms. The van der Waals surface area contributed by atoms with E-state index in [-0.39, 0.29) is 24.3 Å². The normalized spacial score (nSPS) is 26.6. The van der Waals surface area contributed by atoms with Gasteiger partial charge in [-0.1, -0.05) is 0 Å². The SMILES string of the molecule is O=S1(=O)CCC(S(=O)(=O)N2CCN(CCCl)CC2)CC1. The molecule has 0 amide bonds. The highest BCUT2D eigenvalue weighted by Gasteiger charge is 2.37. The molecule has 2 aliphatic rings. The zero-order chi connectivity index (χ0) is 14.8. The van der Waals surface area contributed by atoms with Crippen LogP contribution in [0.4, 0.5) is 0 Å². The zero-order valence-corrected chi connectivity index (χ0v) is 13.8. The number of nitrogens with zero attached hydrogens (tertiary/aromatic N) is 2. The molecule has 2 rings (SSSR count). The van der Waals surface area contributed by atoms with Gasteiger partial charge in [-0.2, -0.15) is 4.31 Å². The standard InChI is InChI=1S/C11H21ClN2O4S2/c12-3-4-13-5-7-14(8-6-13)20(17,18)11-1-9-19(15,16)10-2-11/h11H,1-10H2. The Morgan fingerprint density at radius 2 is 1.60 bits per heavy atom. The van der Waals surface area contributed by atoms with Crippen LogP contribution >= 0.6 is 11.6 Å². The fourth-order valence-corrected chi connectivity index (χ4v) is 6.66. The number of sulfonamides is 1.